The van der Waals surface area contributed by atoms with E-state index < -0.39 is 0 Å². The Labute approximate surface area is 199 Å². The van der Waals surface area contributed by atoms with Crippen LogP contribution in [-0.4, -0.2) is 49.2 Å². The number of amides is 1. The highest BCUT2D eigenvalue weighted by Crippen LogP contribution is 2.34. The first-order valence-corrected chi connectivity index (χ1v) is 12.3. The van der Waals surface area contributed by atoms with Crippen LogP contribution in [0.5, 0.6) is 0 Å². The van der Waals surface area contributed by atoms with Gasteiger partial charge in [-0.05, 0) is 31.9 Å². The molecule has 1 amide bonds. The van der Waals surface area contributed by atoms with Crippen molar-refractivity contribution in [2.24, 2.45) is 0 Å². The minimum Gasteiger partial charge on any atom is -0.455 e. The highest BCUT2D eigenvalue weighted by molar-refractivity contribution is 6.05. The summed E-state index contributed by atoms with van der Waals surface area (Å²) in [5.74, 6) is 0.310. The van der Waals surface area contributed by atoms with E-state index >= 15 is 0 Å². The molecule has 3 aromatic rings. The van der Waals surface area contributed by atoms with Gasteiger partial charge in [0.25, 0.3) is 5.91 Å². The number of hydrogen-bond donors (Lipinski definition) is 1. The van der Waals surface area contributed by atoms with Gasteiger partial charge in [-0.3, -0.25) is 14.5 Å². The van der Waals surface area contributed by atoms with Crippen molar-refractivity contribution in [2.75, 3.05) is 32.8 Å². The summed E-state index contributed by atoms with van der Waals surface area (Å²) in [6.45, 7) is 5.65. The van der Waals surface area contributed by atoms with E-state index in [-0.39, 0.29) is 16.9 Å². The number of para-hydroxylation sites is 1. The number of morpholine rings is 1. The van der Waals surface area contributed by atoms with Crippen molar-refractivity contribution >= 4 is 16.9 Å². The Bertz CT molecular complexity index is 1220. The van der Waals surface area contributed by atoms with Gasteiger partial charge in [-0.2, -0.15) is 0 Å². The molecule has 2 fully saturated rings. The molecule has 0 atom stereocenters. The van der Waals surface area contributed by atoms with Gasteiger partial charge in [0.15, 0.2) is 11.0 Å². The number of hydrogen-bond acceptors (Lipinski definition) is 5. The van der Waals surface area contributed by atoms with Crippen LogP contribution in [0.4, 0.5) is 0 Å². The summed E-state index contributed by atoms with van der Waals surface area (Å²) in [6.07, 6.45) is 5.76. The van der Waals surface area contributed by atoms with Crippen LogP contribution >= 0.6 is 0 Å². The van der Waals surface area contributed by atoms with E-state index in [0.29, 0.717) is 34.4 Å². The summed E-state index contributed by atoms with van der Waals surface area (Å²) in [4.78, 5) is 29.1. The normalized spacial score (nSPS) is 18.6. The van der Waals surface area contributed by atoms with Crippen LogP contribution in [0, 0.1) is 6.92 Å². The number of fused-ring (bicyclic) bond motifs is 1. The Morgan fingerprint density at radius 3 is 2.47 bits per heavy atom. The number of nitrogens with zero attached hydrogens (tertiary/aromatic N) is 1. The first-order valence-electron chi connectivity index (χ1n) is 12.3. The number of nitrogens with one attached hydrogen (secondary N) is 1. The first-order chi connectivity index (χ1) is 16.6. The van der Waals surface area contributed by atoms with Crippen molar-refractivity contribution in [1.29, 1.82) is 0 Å². The van der Waals surface area contributed by atoms with Crippen LogP contribution < -0.4 is 10.7 Å². The summed E-state index contributed by atoms with van der Waals surface area (Å²) < 4.78 is 11.8. The van der Waals surface area contributed by atoms with Crippen LogP contribution in [0.1, 0.15) is 48.0 Å². The van der Waals surface area contributed by atoms with Crippen LogP contribution in [0.2, 0.25) is 0 Å². The van der Waals surface area contributed by atoms with Gasteiger partial charge in [0.05, 0.1) is 24.2 Å². The SMILES string of the molecule is Cc1c(-c2ccccc2)oc2c(C(=O)NCC3(N4CCOCC4)CCCCC3)cccc2c1=O. The second-order valence-corrected chi connectivity index (χ2v) is 9.50. The Kier molecular flexibility index (Phi) is 6.53. The van der Waals surface area contributed by atoms with Gasteiger partial charge >= 0.3 is 0 Å². The second kappa shape index (κ2) is 9.72. The zero-order valence-electron chi connectivity index (χ0n) is 19.8. The van der Waals surface area contributed by atoms with Crippen molar-refractivity contribution < 1.29 is 13.9 Å². The minimum atomic E-state index is -0.199. The molecule has 178 valence electrons. The van der Waals surface area contributed by atoms with Crippen molar-refractivity contribution in [2.45, 2.75) is 44.6 Å². The van der Waals surface area contributed by atoms with Gasteiger partial charge in [-0.25, -0.2) is 0 Å². The summed E-state index contributed by atoms with van der Waals surface area (Å²) in [5, 5.41) is 3.64. The van der Waals surface area contributed by atoms with Crippen LogP contribution in [0.15, 0.2) is 57.7 Å². The lowest BCUT2D eigenvalue weighted by Gasteiger charge is -2.48. The molecule has 0 bridgehead atoms. The molecular weight excluding hydrogens is 428 g/mol. The van der Waals surface area contributed by atoms with Gasteiger partial charge in [-0.1, -0.05) is 55.7 Å². The van der Waals surface area contributed by atoms with Gasteiger partial charge in [0.1, 0.15) is 5.76 Å². The third-order valence-corrected chi connectivity index (χ3v) is 7.47. The predicted octanol–water partition coefficient (Wildman–Crippen LogP) is 4.53. The van der Waals surface area contributed by atoms with Crippen LogP contribution in [-0.2, 0) is 4.74 Å². The Hall–Kier alpha value is -2.96. The zero-order chi connectivity index (χ0) is 23.5. The average Bonchev–Trinajstić information content (AvgIpc) is 2.90. The molecular formula is C28H32N2O4. The average molecular weight is 461 g/mol. The first kappa shape index (κ1) is 22.8. The second-order valence-electron chi connectivity index (χ2n) is 9.50. The fourth-order valence-electron chi connectivity index (χ4n) is 5.55. The fourth-order valence-corrected chi connectivity index (χ4v) is 5.55. The topological polar surface area (TPSA) is 71.8 Å². The minimum absolute atomic E-state index is 0.0328. The number of benzene rings is 2. The molecule has 1 aromatic heterocycles. The Morgan fingerprint density at radius 1 is 1.00 bits per heavy atom. The molecule has 34 heavy (non-hydrogen) atoms. The summed E-state index contributed by atoms with van der Waals surface area (Å²) in [6, 6.07) is 14.8. The van der Waals surface area contributed by atoms with Crippen molar-refractivity contribution in [3.8, 4) is 11.3 Å². The Balaban J connectivity index is 1.47. The van der Waals surface area contributed by atoms with E-state index in [9.17, 15) is 9.59 Å². The van der Waals surface area contributed by atoms with Crippen molar-refractivity contribution in [1.82, 2.24) is 10.2 Å². The number of rotatable bonds is 5. The van der Waals surface area contributed by atoms with E-state index in [1.807, 2.05) is 30.3 Å². The smallest absolute Gasteiger partial charge is 0.255 e. The molecule has 0 unspecified atom stereocenters. The quantitative estimate of drug-likeness (QED) is 0.606. The highest BCUT2D eigenvalue weighted by Gasteiger charge is 2.39. The van der Waals surface area contributed by atoms with E-state index in [1.165, 1.54) is 19.3 Å². The van der Waals surface area contributed by atoms with Gasteiger partial charge in [0.2, 0.25) is 0 Å². The van der Waals surface area contributed by atoms with Crippen LogP contribution in [0.3, 0.4) is 0 Å². The van der Waals surface area contributed by atoms with Gasteiger partial charge in [-0.15, -0.1) is 0 Å². The molecule has 1 aliphatic carbocycles. The number of carbonyl (C=O) groups excluding carboxylic acids is 1. The van der Waals surface area contributed by atoms with E-state index in [1.54, 1.807) is 25.1 Å². The summed E-state index contributed by atoms with van der Waals surface area (Å²) >= 11 is 0. The molecule has 1 N–H and O–H groups in total. The molecule has 2 aliphatic rings. The molecule has 1 saturated heterocycles. The molecule has 1 saturated carbocycles. The monoisotopic (exact) mass is 460 g/mol. The molecule has 6 heteroatoms. The fraction of sp³-hybridized carbons (Fsp3) is 0.429. The number of carbonyl (C=O) groups is 1. The highest BCUT2D eigenvalue weighted by atomic mass is 16.5. The van der Waals surface area contributed by atoms with E-state index in [4.69, 9.17) is 9.15 Å². The maximum atomic E-state index is 13.5. The van der Waals surface area contributed by atoms with Gasteiger partial charge < -0.3 is 14.5 Å². The predicted molar refractivity (Wildman–Crippen MR) is 133 cm³/mol. The summed E-state index contributed by atoms with van der Waals surface area (Å²) in [5.41, 5.74) is 1.98. The molecule has 2 aromatic carbocycles. The van der Waals surface area contributed by atoms with Gasteiger partial charge in [0, 0.05) is 36.3 Å². The molecule has 1 aliphatic heterocycles. The third kappa shape index (κ3) is 4.28. The lowest BCUT2D eigenvalue weighted by Crippen LogP contribution is -2.59. The standard InChI is InChI=1S/C28H32N2O4/c1-20-24(31)22-11-8-12-23(26(22)34-25(20)21-9-4-2-5-10-21)27(32)29-19-28(13-6-3-7-14-28)30-15-17-33-18-16-30/h2,4-5,8-12H,3,6-7,13-19H2,1H3,(H,29,32). The Morgan fingerprint density at radius 2 is 1.74 bits per heavy atom. The maximum absolute atomic E-state index is 13.5. The van der Waals surface area contributed by atoms with E-state index in [2.05, 4.69) is 10.2 Å². The van der Waals surface area contributed by atoms with E-state index in [0.717, 1.165) is 44.7 Å². The molecule has 2 heterocycles. The maximum Gasteiger partial charge on any atom is 0.255 e. The largest absolute Gasteiger partial charge is 0.455 e. The molecule has 0 spiro atoms. The lowest BCUT2D eigenvalue weighted by molar-refractivity contribution is -0.0361. The third-order valence-electron chi connectivity index (χ3n) is 7.47. The molecule has 6 nitrogen and oxygen atoms in total. The van der Waals surface area contributed by atoms with Crippen molar-refractivity contribution in [3.05, 3.63) is 69.9 Å². The molecule has 0 radical (unpaired) electrons. The van der Waals surface area contributed by atoms with Crippen LogP contribution in [0.25, 0.3) is 22.3 Å². The zero-order valence-corrected chi connectivity index (χ0v) is 19.8. The number of ether oxygens (including phenoxy) is 1. The lowest BCUT2D eigenvalue weighted by atomic mass is 9.79. The van der Waals surface area contributed by atoms with Crippen molar-refractivity contribution in [3.63, 3.8) is 0 Å². The summed E-state index contributed by atoms with van der Waals surface area (Å²) in [7, 11) is 0. The molecule has 5 rings (SSSR count).